The number of nitro benzene ring substituents is 1. The van der Waals surface area contributed by atoms with Crippen LogP contribution in [0.1, 0.15) is 22.5 Å². The minimum Gasteiger partial charge on any atom is -0.268 e. The maximum absolute atomic E-state index is 14.0. The van der Waals surface area contributed by atoms with Gasteiger partial charge in [0.15, 0.2) is 11.2 Å². The van der Waals surface area contributed by atoms with Crippen molar-refractivity contribution in [3.05, 3.63) is 55.9 Å². The van der Waals surface area contributed by atoms with E-state index in [-0.39, 0.29) is 4.68 Å². The van der Waals surface area contributed by atoms with Gasteiger partial charge in [-0.1, -0.05) is 17.7 Å². The van der Waals surface area contributed by atoms with Crippen LogP contribution in [0.25, 0.3) is 0 Å². The Labute approximate surface area is 176 Å². The van der Waals surface area contributed by atoms with Crippen molar-refractivity contribution in [2.75, 3.05) is 0 Å². The summed E-state index contributed by atoms with van der Waals surface area (Å²) in [6.07, 6.45) is -11.6. The van der Waals surface area contributed by atoms with Gasteiger partial charge in [-0.15, -0.1) is 10.2 Å². The van der Waals surface area contributed by atoms with Crippen molar-refractivity contribution in [2.45, 2.75) is 23.8 Å². The van der Waals surface area contributed by atoms with E-state index in [0.717, 1.165) is 12.1 Å². The number of aromatic nitrogens is 2. The van der Waals surface area contributed by atoms with Crippen LogP contribution in [0.4, 0.5) is 40.8 Å². The highest BCUT2D eigenvalue weighted by Gasteiger charge is 2.65. The summed E-state index contributed by atoms with van der Waals surface area (Å²) >= 11 is 5.69. The number of aryl methyl sites for hydroxylation is 1. The molecule has 2 heterocycles. The summed E-state index contributed by atoms with van der Waals surface area (Å²) in [5.74, 6) is -5.99. The molecule has 17 heteroatoms. The van der Waals surface area contributed by atoms with E-state index in [0.29, 0.717) is 19.3 Å². The maximum atomic E-state index is 14.0. The second-order valence-corrected chi connectivity index (χ2v) is 6.80. The lowest BCUT2D eigenvalue weighted by Gasteiger charge is -2.25. The predicted octanol–water partition coefficient (Wildman–Crippen LogP) is 5.35. The first-order valence-electron chi connectivity index (χ1n) is 8.04. The lowest BCUT2D eigenvalue weighted by molar-refractivity contribution is -0.384. The van der Waals surface area contributed by atoms with Crippen molar-refractivity contribution in [3.63, 3.8) is 0 Å². The Morgan fingerprint density at radius 3 is 2.22 bits per heavy atom. The van der Waals surface area contributed by atoms with Crippen LogP contribution < -0.4 is 0 Å². The number of nitro groups is 1. The Balaban J connectivity index is 2.42. The summed E-state index contributed by atoms with van der Waals surface area (Å²) in [6, 6.07) is 2.54. The average Bonchev–Trinajstić information content (AvgIpc) is 3.26. The number of nitrogens with zero attached hydrogens (tertiary/aromatic N) is 6. The second kappa shape index (κ2) is 7.18. The van der Waals surface area contributed by atoms with Gasteiger partial charge in [0.25, 0.3) is 5.69 Å². The first-order valence-corrected chi connectivity index (χ1v) is 8.42. The lowest BCUT2D eigenvalue weighted by atomic mass is 9.85. The zero-order chi connectivity index (χ0) is 24.3. The van der Waals surface area contributed by atoms with Gasteiger partial charge < -0.3 is 0 Å². The SMILES string of the molecule is Cn1nc(C(F)(F)C(F)(F)F)c(C(F)(F)F)c1C1(c2ccc(Cl)c([N+](=O)[O-])c2)C=NN=N1. The van der Waals surface area contributed by atoms with Crippen molar-refractivity contribution in [2.24, 2.45) is 22.5 Å². The van der Waals surface area contributed by atoms with Crippen molar-refractivity contribution in [1.29, 1.82) is 0 Å². The number of hydrogen-bond donors (Lipinski definition) is 0. The Hall–Kier alpha value is -3.17. The van der Waals surface area contributed by atoms with Crippen LogP contribution in [-0.2, 0) is 24.7 Å². The molecule has 0 bridgehead atoms. The average molecular weight is 491 g/mol. The van der Waals surface area contributed by atoms with Crippen molar-refractivity contribution in [1.82, 2.24) is 9.78 Å². The molecule has 1 aromatic carbocycles. The molecule has 0 N–H and O–H groups in total. The van der Waals surface area contributed by atoms with Gasteiger partial charge in [0, 0.05) is 13.1 Å². The molecule has 0 aliphatic carbocycles. The fourth-order valence-electron chi connectivity index (χ4n) is 3.08. The van der Waals surface area contributed by atoms with Crippen molar-refractivity contribution in [3.8, 4) is 0 Å². The molecule has 1 aliphatic rings. The number of alkyl halides is 8. The summed E-state index contributed by atoms with van der Waals surface area (Å²) in [6.45, 7) is 0. The minimum atomic E-state index is -6.41. The molecule has 0 radical (unpaired) electrons. The number of rotatable bonds is 4. The summed E-state index contributed by atoms with van der Waals surface area (Å²) < 4.78 is 108. The minimum absolute atomic E-state index is 0.120. The molecule has 0 spiro atoms. The fourth-order valence-corrected chi connectivity index (χ4v) is 3.27. The third-order valence-electron chi connectivity index (χ3n) is 4.43. The van der Waals surface area contributed by atoms with Gasteiger partial charge in [0.2, 0.25) is 0 Å². The Morgan fingerprint density at radius 1 is 1.12 bits per heavy atom. The van der Waals surface area contributed by atoms with E-state index < -0.39 is 62.0 Å². The molecule has 2 aromatic rings. The zero-order valence-corrected chi connectivity index (χ0v) is 16.0. The quantitative estimate of drug-likeness (QED) is 0.328. The van der Waals surface area contributed by atoms with Gasteiger partial charge in [-0.3, -0.25) is 14.8 Å². The summed E-state index contributed by atoms with van der Waals surface area (Å²) in [5.41, 5.74) is -10.2. The fraction of sp³-hybridized carbons (Fsp3) is 0.333. The third kappa shape index (κ3) is 3.47. The molecule has 0 amide bonds. The van der Waals surface area contributed by atoms with E-state index in [1.807, 2.05) is 0 Å². The standard InChI is InChI=1S/C15H7ClF8N6O2/c1-29-11(9(14(19,20)21)10(26-29)13(17,18)15(22,23)24)12(5-25-28-27-12)6-2-3-7(16)8(4-6)30(31)32/h2-5H,1H3. The summed E-state index contributed by atoms with van der Waals surface area (Å²) in [7, 11) is 0.675. The summed E-state index contributed by atoms with van der Waals surface area (Å²) in [4.78, 5) is 10.2. The molecule has 1 aromatic heterocycles. The molecular weight excluding hydrogens is 484 g/mol. The lowest BCUT2D eigenvalue weighted by Crippen LogP contribution is -2.37. The van der Waals surface area contributed by atoms with Gasteiger partial charge in [0.05, 0.1) is 16.8 Å². The van der Waals surface area contributed by atoms with E-state index in [9.17, 15) is 45.2 Å². The van der Waals surface area contributed by atoms with Gasteiger partial charge >= 0.3 is 18.3 Å². The molecule has 172 valence electrons. The van der Waals surface area contributed by atoms with Gasteiger partial charge in [0.1, 0.15) is 10.6 Å². The van der Waals surface area contributed by atoms with Gasteiger partial charge in [-0.05, 0) is 16.9 Å². The van der Waals surface area contributed by atoms with E-state index in [1.165, 1.54) is 0 Å². The molecule has 0 fully saturated rings. The molecule has 0 saturated heterocycles. The smallest absolute Gasteiger partial charge is 0.268 e. The first-order chi connectivity index (χ1) is 14.5. The molecule has 1 atom stereocenters. The van der Waals surface area contributed by atoms with E-state index >= 15 is 0 Å². The highest BCUT2D eigenvalue weighted by atomic mass is 35.5. The molecule has 0 saturated carbocycles. The number of benzene rings is 1. The summed E-state index contributed by atoms with van der Waals surface area (Å²) in [5, 5.41) is 23.5. The second-order valence-electron chi connectivity index (χ2n) is 6.39. The molecule has 8 nitrogen and oxygen atoms in total. The number of hydrogen-bond acceptors (Lipinski definition) is 6. The monoisotopic (exact) mass is 490 g/mol. The molecule has 3 rings (SSSR count). The Kier molecular flexibility index (Phi) is 5.27. The van der Waals surface area contributed by atoms with Crippen molar-refractivity contribution < 1.29 is 40.0 Å². The van der Waals surface area contributed by atoms with Crippen LogP contribution in [0.2, 0.25) is 5.02 Å². The van der Waals surface area contributed by atoms with Crippen LogP contribution in [0, 0.1) is 10.1 Å². The van der Waals surface area contributed by atoms with Crippen molar-refractivity contribution >= 4 is 23.5 Å². The van der Waals surface area contributed by atoms with Crippen LogP contribution >= 0.6 is 11.6 Å². The number of halogens is 9. The van der Waals surface area contributed by atoms with E-state index in [1.54, 1.807) is 0 Å². The Morgan fingerprint density at radius 2 is 1.75 bits per heavy atom. The van der Waals surface area contributed by atoms with Crippen LogP contribution in [0.5, 0.6) is 0 Å². The largest absolute Gasteiger partial charge is 0.459 e. The van der Waals surface area contributed by atoms with Gasteiger partial charge in [-0.2, -0.15) is 40.2 Å². The van der Waals surface area contributed by atoms with E-state index in [2.05, 4.69) is 20.5 Å². The molecule has 1 aliphatic heterocycles. The predicted molar refractivity (Wildman–Crippen MR) is 90.4 cm³/mol. The molecule has 32 heavy (non-hydrogen) atoms. The van der Waals surface area contributed by atoms with Crippen LogP contribution in [0.15, 0.2) is 33.6 Å². The van der Waals surface area contributed by atoms with Crippen LogP contribution in [-0.4, -0.2) is 27.1 Å². The molecular formula is C15H7ClF8N6O2. The topological polar surface area (TPSA) is 98.0 Å². The van der Waals surface area contributed by atoms with Gasteiger partial charge in [-0.25, -0.2) is 0 Å². The highest BCUT2D eigenvalue weighted by molar-refractivity contribution is 6.32. The molecule has 1 unspecified atom stereocenters. The van der Waals surface area contributed by atoms with Crippen LogP contribution in [0.3, 0.4) is 0 Å². The van der Waals surface area contributed by atoms with E-state index in [4.69, 9.17) is 11.6 Å². The first kappa shape index (κ1) is 23.5. The maximum Gasteiger partial charge on any atom is 0.459 e. The third-order valence-corrected chi connectivity index (χ3v) is 4.75. The zero-order valence-electron chi connectivity index (χ0n) is 15.2. The highest BCUT2D eigenvalue weighted by Crippen LogP contribution is 2.51. The normalized spacial score (nSPS) is 19.1. The Bertz CT molecular complexity index is 1140.